The zero-order valence-corrected chi connectivity index (χ0v) is 16.6. The predicted octanol–water partition coefficient (Wildman–Crippen LogP) is 4.98. The lowest BCUT2D eigenvalue weighted by Gasteiger charge is -2.26. The molecule has 0 bridgehead atoms. The molecular weight excluding hydrogens is 362 g/mol. The molecule has 1 atom stereocenters. The van der Waals surface area contributed by atoms with Crippen molar-refractivity contribution in [3.05, 3.63) is 89.0 Å². The average Bonchev–Trinajstić information content (AvgIpc) is 2.98. The summed E-state index contributed by atoms with van der Waals surface area (Å²) in [4.78, 5) is 27.3. The molecule has 0 spiro atoms. The van der Waals surface area contributed by atoms with E-state index in [0.717, 1.165) is 28.3 Å². The van der Waals surface area contributed by atoms with Gasteiger partial charge in [0.1, 0.15) is 5.76 Å². The molecule has 1 saturated heterocycles. The van der Waals surface area contributed by atoms with E-state index in [0.29, 0.717) is 12.1 Å². The minimum Gasteiger partial charge on any atom is -0.507 e. The van der Waals surface area contributed by atoms with Gasteiger partial charge in [-0.1, -0.05) is 67.6 Å². The first-order valence-corrected chi connectivity index (χ1v) is 9.86. The van der Waals surface area contributed by atoms with Crippen LogP contribution in [0.4, 0.5) is 0 Å². The largest absolute Gasteiger partial charge is 0.507 e. The fraction of sp³-hybridized carbons (Fsp3) is 0.200. The lowest BCUT2D eigenvalue weighted by Crippen LogP contribution is -2.30. The van der Waals surface area contributed by atoms with Crippen LogP contribution >= 0.6 is 0 Å². The summed E-state index contributed by atoms with van der Waals surface area (Å²) in [5.74, 6) is -1.30. The molecule has 0 aromatic heterocycles. The van der Waals surface area contributed by atoms with Crippen molar-refractivity contribution in [2.24, 2.45) is 0 Å². The van der Waals surface area contributed by atoms with Crippen LogP contribution in [0.3, 0.4) is 0 Å². The van der Waals surface area contributed by atoms with Gasteiger partial charge in [0.15, 0.2) is 0 Å². The number of Topliss-reactive ketones (excluding diaryl/α,β-unsaturated/α-hetero) is 1. The Kier molecular flexibility index (Phi) is 4.93. The Balaban J connectivity index is 1.92. The van der Waals surface area contributed by atoms with Crippen molar-refractivity contribution in [3.63, 3.8) is 0 Å². The molecule has 4 heteroatoms. The number of aliphatic hydroxyl groups is 1. The second-order valence-corrected chi connectivity index (χ2v) is 7.41. The number of carbonyl (C=O) groups is 2. The van der Waals surface area contributed by atoms with Crippen molar-refractivity contribution in [2.45, 2.75) is 26.3 Å². The Morgan fingerprint density at radius 2 is 1.66 bits per heavy atom. The Hall–Kier alpha value is -3.40. The van der Waals surface area contributed by atoms with E-state index in [-0.39, 0.29) is 11.3 Å². The van der Waals surface area contributed by atoms with Crippen molar-refractivity contribution in [1.29, 1.82) is 0 Å². The summed E-state index contributed by atoms with van der Waals surface area (Å²) in [6.45, 7) is 4.38. The van der Waals surface area contributed by atoms with Crippen molar-refractivity contribution >= 4 is 28.2 Å². The van der Waals surface area contributed by atoms with Gasteiger partial charge >= 0.3 is 0 Å². The summed E-state index contributed by atoms with van der Waals surface area (Å²) in [6, 6.07) is 20.5. The van der Waals surface area contributed by atoms with Gasteiger partial charge in [-0.05, 0) is 41.3 Å². The van der Waals surface area contributed by atoms with Crippen molar-refractivity contribution in [3.8, 4) is 0 Å². The molecule has 1 fully saturated rings. The van der Waals surface area contributed by atoms with Gasteiger partial charge in [-0.25, -0.2) is 0 Å². The first-order chi connectivity index (χ1) is 14.0. The number of hydrogen-bond donors (Lipinski definition) is 1. The van der Waals surface area contributed by atoms with E-state index in [1.165, 1.54) is 0 Å². The molecule has 4 nitrogen and oxygen atoms in total. The summed E-state index contributed by atoms with van der Waals surface area (Å²) >= 11 is 0. The minimum atomic E-state index is -0.627. The van der Waals surface area contributed by atoms with Crippen LogP contribution in [0.1, 0.15) is 36.1 Å². The number of hydrogen-bond acceptors (Lipinski definition) is 3. The molecular formula is C25H23NO3. The normalized spacial score (nSPS) is 18.6. The highest BCUT2D eigenvalue weighted by atomic mass is 16.3. The zero-order valence-electron chi connectivity index (χ0n) is 16.6. The van der Waals surface area contributed by atoms with E-state index >= 15 is 0 Å². The summed E-state index contributed by atoms with van der Waals surface area (Å²) in [5.41, 5.74) is 2.54. The number of amides is 1. The molecule has 1 heterocycles. The highest BCUT2D eigenvalue weighted by Gasteiger charge is 2.46. The number of ketones is 1. The van der Waals surface area contributed by atoms with Gasteiger partial charge in [-0.15, -0.1) is 0 Å². The second kappa shape index (κ2) is 7.55. The highest BCUT2D eigenvalue weighted by molar-refractivity contribution is 6.46. The molecule has 1 N–H and O–H groups in total. The van der Waals surface area contributed by atoms with E-state index in [1.54, 1.807) is 11.0 Å². The van der Waals surface area contributed by atoms with Crippen LogP contribution in [-0.2, 0) is 9.59 Å². The molecule has 4 rings (SSSR count). The molecule has 3 aromatic rings. The molecule has 1 unspecified atom stereocenters. The van der Waals surface area contributed by atoms with Gasteiger partial charge in [0.05, 0.1) is 11.6 Å². The molecule has 3 aromatic carbocycles. The Morgan fingerprint density at radius 3 is 2.38 bits per heavy atom. The molecule has 0 aliphatic carbocycles. The maximum absolute atomic E-state index is 13.0. The van der Waals surface area contributed by atoms with Gasteiger partial charge in [-0.3, -0.25) is 9.59 Å². The highest BCUT2D eigenvalue weighted by Crippen LogP contribution is 2.40. The lowest BCUT2D eigenvalue weighted by atomic mass is 9.92. The summed E-state index contributed by atoms with van der Waals surface area (Å²) in [7, 11) is 0. The number of aryl methyl sites for hydroxylation is 1. The predicted molar refractivity (Wildman–Crippen MR) is 114 cm³/mol. The number of nitrogens with zero attached hydrogens (tertiary/aromatic N) is 1. The number of aliphatic hydroxyl groups excluding tert-OH is 1. The molecule has 1 aliphatic rings. The van der Waals surface area contributed by atoms with Crippen molar-refractivity contribution in [2.75, 3.05) is 6.54 Å². The standard InChI is InChI=1S/C25H23NO3/c1-3-14-26-22(20-11-7-4-8-16(20)2)21(24(28)25(26)29)23(27)19-13-12-17-9-5-6-10-18(17)15-19/h4-13,15,22,27H,3,14H2,1-2H3/b23-21+. The molecule has 0 radical (unpaired) electrons. The van der Waals surface area contributed by atoms with Crippen LogP contribution < -0.4 is 0 Å². The van der Waals surface area contributed by atoms with E-state index in [9.17, 15) is 14.7 Å². The summed E-state index contributed by atoms with van der Waals surface area (Å²) in [6.07, 6.45) is 0.728. The maximum atomic E-state index is 13.0. The first kappa shape index (κ1) is 18.9. The number of benzene rings is 3. The SMILES string of the molecule is CCCN1C(=O)C(=O)/C(=C(/O)c2ccc3ccccc3c2)C1c1ccccc1C. The van der Waals surface area contributed by atoms with E-state index in [2.05, 4.69) is 0 Å². The lowest BCUT2D eigenvalue weighted by molar-refractivity contribution is -0.139. The van der Waals surface area contributed by atoms with Crippen LogP contribution in [0, 0.1) is 6.92 Å². The Morgan fingerprint density at radius 1 is 0.966 bits per heavy atom. The van der Waals surface area contributed by atoms with Crippen LogP contribution in [0.5, 0.6) is 0 Å². The van der Waals surface area contributed by atoms with Gasteiger partial charge < -0.3 is 10.0 Å². The molecule has 29 heavy (non-hydrogen) atoms. The average molecular weight is 385 g/mol. The first-order valence-electron chi connectivity index (χ1n) is 9.86. The zero-order chi connectivity index (χ0) is 20.5. The van der Waals surface area contributed by atoms with E-state index < -0.39 is 17.7 Å². The van der Waals surface area contributed by atoms with Crippen LogP contribution in [0.2, 0.25) is 0 Å². The van der Waals surface area contributed by atoms with Crippen molar-refractivity contribution in [1.82, 2.24) is 4.90 Å². The van der Waals surface area contributed by atoms with Crippen molar-refractivity contribution < 1.29 is 14.7 Å². The van der Waals surface area contributed by atoms with Gasteiger partial charge in [0.2, 0.25) is 0 Å². The molecule has 146 valence electrons. The van der Waals surface area contributed by atoms with E-state index in [4.69, 9.17) is 0 Å². The number of likely N-dealkylation sites (tertiary alicyclic amines) is 1. The number of rotatable bonds is 4. The van der Waals surface area contributed by atoms with Crippen LogP contribution in [-0.4, -0.2) is 28.2 Å². The van der Waals surface area contributed by atoms with Crippen LogP contribution in [0.15, 0.2) is 72.3 Å². The van der Waals surface area contributed by atoms with E-state index in [1.807, 2.05) is 74.5 Å². The number of fused-ring (bicyclic) bond motifs is 1. The topological polar surface area (TPSA) is 57.6 Å². The summed E-state index contributed by atoms with van der Waals surface area (Å²) in [5, 5.41) is 13.2. The van der Waals surface area contributed by atoms with Gasteiger partial charge in [-0.2, -0.15) is 0 Å². The third-order valence-electron chi connectivity index (χ3n) is 5.51. The molecule has 0 saturated carbocycles. The quantitative estimate of drug-likeness (QED) is 0.391. The second-order valence-electron chi connectivity index (χ2n) is 7.41. The third-order valence-corrected chi connectivity index (χ3v) is 5.51. The number of carbonyl (C=O) groups excluding carboxylic acids is 2. The molecule has 1 aliphatic heterocycles. The minimum absolute atomic E-state index is 0.124. The monoisotopic (exact) mass is 385 g/mol. The van der Waals surface area contributed by atoms with Gasteiger partial charge in [0.25, 0.3) is 11.7 Å². The fourth-order valence-corrected chi connectivity index (χ4v) is 4.06. The Labute approximate surface area is 170 Å². The van der Waals surface area contributed by atoms with Gasteiger partial charge in [0, 0.05) is 12.1 Å². The van der Waals surface area contributed by atoms with Crippen LogP contribution in [0.25, 0.3) is 16.5 Å². The summed E-state index contributed by atoms with van der Waals surface area (Å²) < 4.78 is 0. The maximum Gasteiger partial charge on any atom is 0.295 e. The Bertz CT molecular complexity index is 1150. The smallest absolute Gasteiger partial charge is 0.295 e. The molecule has 1 amide bonds. The third kappa shape index (κ3) is 3.21. The fourth-order valence-electron chi connectivity index (χ4n) is 4.06.